The average Bonchev–Trinajstić information content (AvgIpc) is 3.46. The fourth-order valence-electron chi connectivity index (χ4n) is 4.35. The fourth-order valence-corrected chi connectivity index (χ4v) is 7.80. The van der Waals surface area contributed by atoms with Crippen molar-refractivity contribution in [3.63, 3.8) is 0 Å². The van der Waals surface area contributed by atoms with Crippen molar-refractivity contribution in [3.8, 4) is 11.5 Å². The van der Waals surface area contributed by atoms with Gasteiger partial charge in [-0.2, -0.15) is 0 Å². The zero-order valence-electron chi connectivity index (χ0n) is 19.4. The number of amides is 2. The Morgan fingerprint density at radius 3 is 1.42 bits per heavy atom. The lowest BCUT2D eigenvalue weighted by Gasteiger charge is -2.27. The van der Waals surface area contributed by atoms with Crippen molar-refractivity contribution in [3.05, 3.63) is 80.7 Å². The van der Waals surface area contributed by atoms with Crippen LogP contribution in [-0.2, 0) is 9.59 Å². The predicted molar refractivity (Wildman–Crippen MR) is 153 cm³/mol. The van der Waals surface area contributed by atoms with E-state index in [0.29, 0.717) is 11.5 Å². The first-order valence-electron chi connectivity index (χ1n) is 11.1. The van der Waals surface area contributed by atoms with Gasteiger partial charge in [0.25, 0.3) is 0 Å². The summed E-state index contributed by atoms with van der Waals surface area (Å²) in [4.78, 5) is 29.4. The molecule has 0 saturated carbocycles. The molecule has 2 fully saturated rings. The molecule has 36 heavy (non-hydrogen) atoms. The van der Waals surface area contributed by atoms with E-state index in [-0.39, 0.29) is 22.6 Å². The predicted octanol–water partition coefficient (Wildman–Crippen LogP) is 6.79. The van der Waals surface area contributed by atoms with Crippen molar-refractivity contribution in [1.82, 2.24) is 0 Å². The van der Waals surface area contributed by atoms with E-state index in [4.69, 9.17) is 9.47 Å². The highest BCUT2D eigenvalue weighted by atomic mass is 79.9. The molecule has 0 radical (unpaired) electrons. The number of anilines is 2. The molecule has 2 atom stereocenters. The lowest BCUT2D eigenvalue weighted by molar-refractivity contribution is -0.116. The second-order valence-electron chi connectivity index (χ2n) is 8.16. The van der Waals surface area contributed by atoms with E-state index in [0.717, 1.165) is 42.9 Å². The molecule has 2 unspecified atom stereocenters. The van der Waals surface area contributed by atoms with Crippen molar-refractivity contribution in [2.75, 3.05) is 35.5 Å². The van der Waals surface area contributed by atoms with Crippen LogP contribution in [0.15, 0.2) is 69.6 Å². The zero-order chi connectivity index (χ0) is 25.4. The van der Waals surface area contributed by atoms with Gasteiger partial charge in [-0.15, -0.1) is 23.5 Å². The number of methoxy groups -OCH3 is 2. The number of hydrogen-bond donors (Lipinski definition) is 0. The normalized spacial score (nSPS) is 19.8. The Labute approximate surface area is 235 Å². The SMILES string of the molecule is COc1ccc(C2SCC(=O)N2c2ccc(N3C(=O)CSC3c3ccc(OC)c(Br)c3)cc2)cc1Br. The van der Waals surface area contributed by atoms with Gasteiger partial charge in [0.1, 0.15) is 22.2 Å². The molecule has 2 heterocycles. The lowest BCUT2D eigenvalue weighted by atomic mass is 10.1. The molecule has 186 valence electrons. The van der Waals surface area contributed by atoms with E-state index in [9.17, 15) is 9.59 Å². The van der Waals surface area contributed by atoms with Crippen molar-refractivity contribution < 1.29 is 19.1 Å². The van der Waals surface area contributed by atoms with Crippen molar-refractivity contribution in [2.24, 2.45) is 0 Å². The van der Waals surface area contributed by atoms with Crippen LogP contribution in [0.1, 0.15) is 21.9 Å². The molecule has 5 rings (SSSR count). The quantitative estimate of drug-likeness (QED) is 0.293. The third kappa shape index (κ3) is 4.76. The van der Waals surface area contributed by atoms with E-state index in [1.54, 1.807) is 37.7 Å². The maximum absolute atomic E-state index is 12.9. The van der Waals surface area contributed by atoms with Crippen LogP contribution < -0.4 is 19.3 Å². The van der Waals surface area contributed by atoms with Crippen molar-refractivity contribution in [1.29, 1.82) is 0 Å². The summed E-state index contributed by atoms with van der Waals surface area (Å²) in [7, 11) is 3.26. The summed E-state index contributed by atoms with van der Waals surface area (Å²) in [6.45, 7) is 0. The molecule has 2 aliphatic heterocycles. The monoisotopic (exact) mass is 648 g/mol. The molecule has 0 bridgehead atoms. The number of nitrogens with zero attached hydrogens (tertiary/aromatic N) is 2. The smallest absolute Gasteiger partial charge is 0.238 e. The van der Waals surface area contributed by atoms with E-state index in [2.05, 4.69) is 31.9 Å². The van der Waals surface area contributed by atoms with Crippen LogP contribution in [0.2, 0.25) is 0 Å². The van der Waals surface area contributed by atoms with Gasteiger partial charge in [0, 0.05) is 11.4 Å². The van der Waals surface area contributed by atoms with Gasteiger partial charge in [-0.25, -0.2) is 0 Å². The van der Waals surface area contributed by atoms with Crippen LogP contribution in [0.25, 0.3) is 0 Å². The van der Waals surface area contributed by atoms with Crippen LogP contribution in [0.5, 0.6) is 11.5 Å². The number of carbonyl (C=O) groups excluding carboxylic acids is 2. The molecule has 3 aromatic rings. The molecule has 10 heteroatoms. The Bertz CT molecular complexity index is 1220. The lowest BCUT2D eigenvalue weighted by Crippen LogP contribution is -2.29. The number of thioether (sulfide) groups is 2. The van der Waals surface area contributed by atoms with Crippen LogP contribution in [0, 0.1) is 0 Å². The first-order chi connectivity index (χ1) is 17.4. The number of halogens is 2. The first kappa shape index (κ1) is 25.5. The Hall–Kier alpha value is -2.14. The molecule has 2 saturated heterocycles. The molecule has 2 amide bonds. The zero-order valence-corrected chi connectivity index (χ0v) is 24.2. The minimum Gasteiger partial charge on any atom is -0.496 e. The summed E-state index contributed by atoms with van der Waals surface area (Å²) >= 11 is 10.3. The Morgan fingerprint density at radius 2 is 1.08 bits per heavy atom. The Balaban J connectivity index is 1.42. The van der Waals surface area contributed by atoms with Crippen molar-refractivity contribution in [2.45, 2.75) is 10.7 Å². The van der Waals surface area contributed by atoms with E-state index in [1.165, 1.54) is 0 Å². The third-order valence-electron chi connectivity index (χ3n) is 6.06. The number of carbonyl (C=O) groups is 2. The molecule has 2 aliphatic rings. The highest BCUT2D eigenvalue weighted by Gasteiger charge is 2.36. The summed E-state index contributed by atoms with van der Waals surface area (Å²) in [6, 6.07) is 19.4. The summed E-state index contributed by atoms with van der Waals surface area (Å²) in [5.41, 5.74) is 3.63. The molecule has 0 spiro atoms. The fraction of sp³-hybridized carbons (Fsp3) is 0.231. The van der Waals surface area contributed by atoms with E-state index < -0.39 is 0 Å². The number of rotatable bonds is 6. The van der Waals surface area contributed by atoms with Gasteiger partial charge in [-0.05, 0) is 91.5 Å². The maximum Gasteiger partial charge on any atom is 0.238 e. The topological polar surface area (TPSA) is 59.1 Å². The van der Waals surface area contributed by atoms with Crippen LogP contribution in [0.4, 0.5) is 11.4 Å². The van der Waals surface area contributed by atoms with Gasteiger partial charge in [-0.3, -0.25) is 19.4 Å². The Morgan fingerprint density at radius 1 is 0.694 bits per heavy atom. The van der Waals surface area contributed by atoms with E-state index >= 15 is 0 Å². The van der Waals surface area contributed by atoms with Gasteiger partial charge in [0.2, 0.25) is 11.8 Å². The first-order valence-corrected chi connectivity index (χ1v) is 14.7. The molecule has 0 aromatic heterocycles. The standard InChI is InChI=1S/C26H22Br2N2O4S2/c1-33-21-9-3-15(11-19(21)27)25-29(23(31)13-35-25)17-5-7-18(8-6-17)30-24(32)14-36-26(30)16-4-10-22(34-2)20(28)12-16/h3-12,25-26H,13-14H2,1-2H3. The van der Waals surface area contributed by atoms with Crippen molar-refractivity contribution >= 4 is 78.6 Å². The summed E-state index contributed by atoms with van der Waals surface area (Å²) in [5, 5.41) is -0.280. The van der Waals surface area contributed by atoms with Crippen LogP contribution in [-0.4, -0.2) is 37.5 Å². The number of benzene rings is 3. The third-order valence-corrected chi connectivity index (χ3v) is 9.73. The second kappa shape index (κ2) is 10.7. The molecular weight excluding hydrogens is 628 g/mol. The van der Waals surface area contributed by atoms with Gasteiger partial charge >= 0.3 is 0 Å². The summed E-state index contributed by atoms with van der Waals surface area (Å²) in [6.07, 6.45) is 0. The molecule has 6 nitrogen and oxygen atoms in total. The van der Waals surface area contributed by atoms with Crippen LogP contribution in [0.3, 0.4) is 0 Å². The number of hydrogen-bond acceptors (Lipinski definition) is 6. The van der Waals surface area contributed by atoms with E-state index in [1.807, 2.05) is 70.5 Å². The average molecular weight is 650 g/mol. The molecule has 0 aliphatic carbocycles. The summed E-state index contributed by atoms with van der Waals surface area (Å²) in [5.74, 6) is 2.42. The summed E-state index contributed by atoms with van der Waals surface area (Å²) < 4.78 is 12.4. The van der Waals surface area contributed by atoms with Gasteiger partial charge in [-0.1, -0.05) is 12.1 Å². The van der Waals surface area contributed by atoms with Gasteiger partial charge in [0.05, 0.1) is 34.7 Å². The maximum atomic E-state index is 12.9. The molecule has 3 aromatic carbocycles. The van der Waals surface area contributed by atoms with Gasteiger partial charge in [0.15, 0.2) is 0 Å². The number of ether oxygens (including phenoxy) is 2. The molecule has 0 N–H and O–H groups in total. The Kier molecular flexibility index (Phi) is 7.57. The highest BCUT2D eigenvalue weighted by molar-refractivity contribution is 9.11. The largest absolute Gasteiger partial charge is 0.496 e. The molecular formula is C26H22Br2N2O4S2. The second-order valence-corrected chi connectivity index (χ2v) is 12.0. The minimum atomic E-state index is -0.140. The highest BCUT2D eigenvalue weighted by Crippen LogP contribution is 2.46. The van der Waals surface area contributed by atoms with Gasteiger partial charge < -0.3 is 9.47 Å². The minimum absolute atomic E-state index is 0.0541. The van der Waals surface area contributed by atoms with Crippen LogP contribution >= 0.6 is 55.4 Å².